The molecule has 2 heterocycles. The van der Waals surface area contributed by atoms with Crippen LogP contribution in [-0.4, -0.2) is 16.1 Å². The van der Waals surface area contributed by atoms with E-state index in [9.17, 15) is 10.5 Å². The minimum Gasteiger partial charge on any atom is -0.454 e. The van der Waals surface area contributed by atoms with Gasteiger partial charge in [-0.1, -0.05) is 367 Å². The van der Waals surface area contributed by atoms with Crippen LogP contribution >= 0.6 is 0 Å². The highest BCUT2D eigenvalue weighted by atomic mass is 28.3. The van der Waals surface area contributed by atoms with Crippen molar-refractivity contribution in [3.63, 3.8) is 0 Å². The molecule has 0 saturated heterocycles. The summed E-state index contributed by atoms with van der Waals surface area (Å²) in [7, 11) is -6.17. The summed E-state index contributed by atoms with van der Waals surface area (Å²) in [6.45, 7) is 9.19. The maximum absolute atomic E-state index is 12.1. The van der Waals surface area contributed by atoms with Gasteiger partial charge in [0.15, 0.2) is 27.3 Å². The van der Waals surface area contributed by atoms with Crippen molar-refractivity contribution in [1.29, 1.82) is 10.5 Å². The SMILES string of the molecule is CC(C)c1cc(N(c2c(C#N)cccc2-c2cccc([Si](c3ccccc3)(c3ccccc3)c3ccccc3)c2)c2cccc3c2oc2ccccc23)c2ccc3c(C(C)C)cc(N(c4c(C#N)cccc4-c4cccc([Si](c5ccccc5)(c5ccccc5)c5ccccc5)c4)c4cccc5c4oc4ccccc45)c4ccc1c2c34. The number of anilines is 6. The fourth-order valence-electron chi connectivity index (χ4n) is 19.1. The highest BCUT2D eigenvalue weighted by molar-refractivity contribution is 7.20. The van der Waals surface area contributed by atoms with E-state index in [0.29, 0.717) is 22.3 Å². The number of hydrogen-bond donors (Lipinski definition) is 0. The van der Waals surface area contributed by atoms with Gasteiger partial charge in [-0.15, -0.1) is 0 Å². The molecule has 0 atom stereocenters. The monoisotopic (exact) mass is 1520 g/mol. The van der Waals surface area contributed by atoms with Crippen molar-refractivity contribution in [3.8, 4) is 34.4 Å². The van der Waals surface area contributed by atoms with Crippen molar-refractivity contribution in [3.05, 3.63) is 411 Å². The Morgan fingerprint density at radius 1 is 0.259 bits per heavy atom. The van der Waals surface area contributed by atoms with Gasteiger partial charge >= 0.3 is 0 Å². The van der Waals surface area contributed by atoms with Crippen LogP contribution < -0.4 is 51.3 Å². The maximum Gasteiger partial charge on any atom is 0.179 e. The molecule has 0 radical (unpaired) electrons. The van der Waals surface area contributed by atoms with Gasteiger partial charge in [-0.2, -0.15) is 10.5 Å². The van der Waals surface area contributed by atoms with Crippen LogP contribution in [0.25, 0.3) is 98.4 Å². The average Bonchev–Trinajstić information content (AvgIpc) is 0.842. The molecule has 0 aliphatic rings. The summed E-state index contributed by atoms with van der Waals surface area (Å²) < 4.78 is 14.5. The Labute approximate surface area is 676 Å². The summed E-state index contributed by atoms with van der Waals surface area (Å²) in [5.41, 5.74) is 14.8. The lowest BCUT2D eigenvalue weighted by atomic mass is 9.83. The van der Waals surface area contributed by atoms with E-state index in [2.05, 4.69) is 389 Å². The Morgan fingerprint density at radius 2 is 0.552 bits per heavy atom. The van der Waals surface area contributed by atoms with E-state index in [0.717, 1.165) is 133 Å². The molecule has 20 rings (SSSR count). The van der Waals surface area contributed by atoms with Crippen LogP contribution in [0.5, 0.6) is 0 Å². The number of rotatable bonds is 18. The molecule has 0 fully saturated rings. The standard InChI is InChI=1S/C108H78N4O2Si2/c1-71(2)95-67-99(111(97-57-31-55-91-87-51-23-25-59-101(87)113-107(91)97)105-75(69-109)35-29-53-85(105)73-33-27-49-83(65-73)115(77-37-11-5-12-38-77,78-39-13-6-14-40-78)79-41-15-7-16-42-79)93-64-62-90-96(72(3)4)68-100(94-63-61-89(95)103(93)104(90)94)112(98-58-32-56-92-88-52-24-26-60-102(88)114-108(92)98)106-76(70-110)36-30-54-86(106)74-34-28-50-84(66-74)116(80-43-17-8-18-44-80,81-45-19-9-20-46-81)82-47-21-10-22-48-82/h5-68,71-72H,1-4H3. The number of fused-ring (bicyclic) bond motifs is 6. The maximum atomic E-state index is 12.1. The minimum absolute atomic E-state index is 0.0103. The second-order valence-corrected chi connectivity index (χ2v) is 38.6. The Kier molecular flexibility index (Phi) is 17.7. The van der Waals surface area contributed by atoms with E-state index in [1.54, 1.807) is 0 Å². The van der Waals surface area contributed by atoms with Gasteiger partial charge in [-0.05, 0) is 146 Å². The summed E-state index contributed by atoms with van der Waals surface area (Å²) in [4.78, 5) is 4.74. The van der Waals surface area contributed by atoms with E-state index in [1.807, 2.05) is 48.5 Å². The summed E-state index contributed by atoms with van der Waals surface area (Å²) in [6.07, 6.45) is 0. The van der Waals surface area contributed by atoms with Gasteiger partial charge in [0.05, 0.1) is 45.3 Å². The largest absolute Gasteiger partial charge is 0.454 e. The van der Waals surface area contributed by atoms with Crippen LogP contribution in [0.4, 0.5) is 34.1 Å². The van der Waals surface area contributed by atoms with Crippen LogP contribution in [0.2, 0.25) is 0 Å². The highest BCUT2D eigenvalue weighted by Gasteiger charge is 2.44. The van der Waals surface area contributed by atoms with E-state index in [4.69, 9.17) is 8.83 Å². The van der Waals surface area contributed by atoms with Crippen molar-refractivity contribution >= 4 is 168 Å². The van der Waals surface area contributed by atoms with Crippen molar-refractivity contribution < 1.29 is 8.83 Å². The lowest BCUT2D eigenvalue weighted by Crippen LogP contribution is -2.74. The second-order valence-electron chi connectivity index (χ2n) is 31.0. The molecule has 0 bridgehead atoms. The summed E-state index contributed by atoms with van der Waals surface area (Å²) in [5.74, 6) is 0.0205. The molecule has 0 aliphatic carbocycles. The molecule has 6 nitrogen and oxygen atoms in total. The molecule has 0 amide bonds. The summed E-state index contributed by atoms with van der Waals surface area (Å²) in [5, 5.41) is 44.6. The summed E-state index contributed by atoms with van der Waals surface area (Å²) >= 11 is 0. The molecule has 8 heteroatoms. The minimum atomic E-state index is -3.09. The van der Waals surface area contributed by atoms with Gasteiger partial charge < -0.3 is 18.6 Å². The van der Waals surface area contributed by atoms with Gasteiger partial charge in [0.1, 0.15) is 23.3 Å². The van der Waals surface area contributed by atoms with Gasteiger partial charge in [0, 0.05) is 43.4 Å². The number of benzene rings is 18. The van der Waals surface area contributed by atoms with Crippen molar-refractivity contribution in [1.82, 2.24) is 0 Å². The molecule has 116 heavy (non-hydrogen) atoms. The third-order valence-corrected chi connectivity index (χ3v) is 33.7. The van der Waals surface area contributed by atoms with Crippen LogP contribution in [0, 0.1) is 22.7 Å². The normalized spacial score (nSPS) is 11.9. The molecule has 2 aromatic heterocycles. The van der Waals surface area contributed by atoms with Gasteiger partial charge in [-0.3, -0.25) is 0 Å². The average molecular weight is 1520 g/mol. The van der Waals surface area contributed by atoms with E-state index < -0.39 is 16.1 Å². The number of nitrogens with zero attached hydrogens (tertiary/aromatic N) is 4. The molecular formula is C108H78N4O2Si2. The lowest BCUT2D eigenvalue weighted by Gasteiger charge is -2.35. The van der Waals surface area contributed by atoms with Crippen molar-refractivity contribution in [2.24, 2.45) is 0 Å². The molecule has 0 aliphatic heterocycles. The molecule has 0 saturated carbocycles. The molecule has 550 valence electrons. The zero-order chi connectivity index (χ0) is 78.2. The van der Waals surface area contributed by atoms with Crippen LogP contribution in [0.15, 0.2) is 397 Å². The Hall–Kier alpha value is -14.4. The number of nitriles is 2. The smallest absolute Gasteiger partial charge is 0.179 e. The number of hydrogen-bond acceptors (Lipinski definition) is 6. The zero-order valence-electron chi connectivity index (χ0n) is 64.7. The van der Waals surface area contributed by atoms with Crippen LogP contribution in [0.3, 0.4) is 0 Å². The first kappa shape index (κ1) is 70.7. The first-order chi connectivity index (χ1) is 57.1. The predicted octanol–water partition coefficient (Wildman–Crippen LogP) is 23.4. The van der Waals surface area contributed by atoms with Crippen molar-refractivity contribution in [2.75, 3.05) is 9.80 Å². The fourth-order valence-corrected chi connectivity index (χ4v) is 28.7. The first-order valence-corrected chi connectivity index (χ1v) is 44.0. The molecule has 0 N–H and O–H groups in total. The quantitative estimate of drug-likeness (QED) is 0.0484. The van der Waals surface area contributed by atoms with Gasteiger partial charge in [0.25, 0.3) is 0 Å². The molecular weight excluding hydrogens is 1440 g/mol. The van der Waals surface area contributed by atoms with Crippen LogP contribution in [-0.2, 0) is 0 Å². The topological polar surface area (TPSA) is 80.3 Å². The zero-order valence-corrected chi connectivity index (χ0v) is 66.7. The summed E-state index contributed by atoms with van der Waals surface area (Å²) in [6, 6.07) is 146. The molecule has 18 aromatic carbocycles. The van der Waals surface area contributed by atoms with Crippen molar-refractivity contribution in [2.45, 2.75) is 39.5 Å². The molecule has 20 aromatic rings. The fraction of sp³-hybridized carbons (Fsp3) is 0.0556. The first-order valence-electron chi connectivity index (χ1n) is 40.0. The van der Waals surface area contributed by atoms with Gasteiger partial charge in [-0.25, -0.2) is 0 Å². The van der Waals surface area contributed by atoms with E-state index in [1.165, 1.54) is 41.5 Å². The third-order valence-electron chi connectivity index (χ3n) is 24.1. The highest BCUT2D eigenvalue weighted by Crippen LogP contribution is 2.56. The van der Waals surface area contributed by atoms with E-state index >= 15 is 0 Å². The second kappa shape index (κ2) is 29.0. The Morgan fingerprint density at radius 3 is 0.888 bits per heavy atom. The molecule has 0 spiro atoms. The Balaban J connectivity index is 0.882. The van der Waals surface area contributed by atoms with E-state index in [-0.39, 0.29) is 11.8 Å². The number of furan rings is 2. The van der Waals surface area contributed by atoms with Gasteiger partial charge in [0.2, 0.25) is 0 Å². The lowest BCUT2D eigenvalue weighted by molar-refractivity contribution is 0.668. The van der Waals surface area contributed by atoms with Crippen LogP contribution in [0.1, 0.15) is 61.8 Å². The third kappa shape index (κ3) is 11.2. The number of para-hydroxylation sites is 6. The predicted molar refractivity (Wildman–Crippen MR) is 490 cm³/mol. The Bertz CT molecular complexity index is 6620. The molecule has 0 unspecified atom stereocenters.